The molecular weight excluding hydrogens is 172 g/mol. The second kappa shape index (κ2) is 3.49. The normalized spacial score (nSPS) is 47.8. The van der Waals surface area contributed by atoms with Gasteiger partial charge in [-0.2, -0.15) is 0 Å². The molecule has 3 fully saturated rings. The van der Waals surface area contributed by atoms with Gasteiger partial charge in [0.1, 0.15) is 0 Å². The summed E-state index contributed by atoms with van der Waals surface area (Å²) in [6.07, 6.45) is 7.28. The van der Waals surface area contributed by atoms with Crippen LogP contribution in [-0.2, 0) is 0 Å². The molecule has 0 aromatic rings. The fraction of sp³-hybridized carbons (Fsp3) is 1.00. The monoisotopic (exact) mass is 194 g/mol. The van der Waals surface area contributed by atoms with Crippen LogP contribution in [0.4, 0.5) is 0 Å². The Morgan fingerprint density at radius 1 is 1.07 bits per heavy atom. The first-order valence-corrected chi connectivity index (χ1v) is 6.26. The summed E-state index contributed by atoms with van der Waals surface area (Å²) in [5.74, 6) is 2.24. The van der Waals surface area contributed by atoms with Crippen molar-refractivity contribution < 1.29 is 0 Å². The van der Waals surface area contributed by atoms with E-state index in [1.165, 1.54) is 38.8 Å². The number of hydrogen-bond acceptors (Lipinski definition) is 2. The standard InChI is InChI=1S/C12H22N2/c1-14-4-2-3-11(8-14)13-12-6-9-5-10(9)7-12/h9-13H,2-8H2,1H3. The molecule has 2 saturated carbocycles. The van der Waals surface area contributed by atoms with Gasteiger partial charge >= 0.3 is 0 Å². The van der Waals surface area contributed by atoms with E-state index in [1.807, 2.05) is 0 Å². The Bertz CT molecular complexity index is 206. The molecule has 3 aliphatic rings. The molecule has 80 valence electrons. The summed E-state index contributed by atoms with van der Waals surface area (Å²) in [7, 11) is 2.25. The maximum atomic E-state index is 3.87. The molecule has 2 aliphatic carbocycles. The summed E-state index contributed by atoms with van der Waals surface area (Å²) in [6.45, 7) is 2.57. The lowest BCUT2D eigenvalue weighted by molar-refractivity contribution is 0.214. The Morgan fingerprint density at radius 2 is 1.86 bits per heavy atom. The Kier molecular flexibility index (Phi) is 2.29. The quantitative estimate of drug-likeness (QED) is 0.716. The summed E-state index contributed by atoms with van der Waals surface area (Å²) in [5, 5.41) is 3.87. The van der Waals surface area contributed by atoms with Crippen molar-refractivity contribution in [2.75, 3.05) is 20.1 Å². The Hall–Kier alpha value is -0.0800. The van der Waals surface area contributed by atoms with E-state index in [1.54, 1.807) is 6.42 Å². The number of nitrogens with zero attached hydrogens (tertiary/aromatic N) is 1. The SMILES string of the molecule is CN1CCCC(NC2CC3CC3C2)C1. The third-order valence-corrected chi connectivity index (χ3v) is 4.34. The van der Waals surface area contributed by atoms with Crippen LogP contribution >= 0.6 is 0 Å². The van der Waals surface area contributed by atoms with Gasteiger partial charge < -0.3 is 10.2 Å². The summed E-state index contributed by atoms with van der Waals surface area (Å²) in [4.78, 5) is 2.47. The summed E-state index contributed by atoms with van der Waals surface area (Å²) < 4.78 is 0. The minimum atomic E-state index is 0.788. The zero-order valence-corrected chi connectivity index (χ0v) is 9.21. The predicted molar refractivity (Wildman–Crippen MR) is 58.3 cm³/mol. The molecule has 0 aromatic heterocycles. The van der Waals surface area contributed by atoms with Gasteiger partial charge in [-0.3, -0.25) is 0 Å². The summed E-state index contributed by atoms with van der Waals surface area (Å²) in [6, 6.07) is 1.66. The number of nitrogens with one attached hydrogen (secondary N) is 1. The minimum absolute atomic E-state index is 0.788. The smallest absolute Gasteiger partial charge is 0.0197 e. The maximum Gasteiger partial charge on any atom is 0.0197 e. The number of likely N-dealkylation sites (tertiary alicyclic amines) is 1. The molecule has 0 aromatic carbocycles. The number of likely N-dealkylation sites (N-methyl/N-ethyl adjacent to an activating group) is 1. The molecule has 1 N–H and O–H groups in total. The van der Waals surface area contributed by atoms with E-state index in [2.05, 4.69) is 17.3 Å². The van der Waals surface area contributed by atoms with Crippen LogP contribution in [-0.4, -0.2) is 37.1 Å². The van der Waals surface area contributed by atoms with Crippen LogP contribution in [0, 0.1) is 11.8 Å². The van der Waals surface area contributed by atoms with Gasteiger partial charge in [-0.25, -0.2) is 0 Å². The average Bonchev–Trinajstić information content (AvgIpc) is 2.74. The lowest BCUT2D eigenvalue weighted by atomic mass is 10.0. The molecule has 14 heavy (non-hydrogen) atoms. The Balaban J connectivity index is 1.47. The van der Waals surface area contributed by atoms with Gasteiger partial charge in [0.05, 0.1) is 0 Å². The van der Waals surface area contributed by atoms with Crippen LogP contribution in [0.2, 0.25) is 0 Å². The second-order valence-electron chi connectivity index (χ2n) is 5.69. The molecule has 3 rings (SSSR count). The predicted octanol–water partition coefficient (Wildman–Crippen LogP) is 1.47. The van der Waals surface area contributed by atoms with Crippen molar-refractivity contribution in [1.82, 2.24) is 10.2 Å². The van der Waals surface area contributed by atoms with E-state index < -0.39 is 0 Å². The second-order valence-corrected chi connectivity index (χ2v) is 5.69. The highest BCUT2D eigenvalue weighted by atomic mass is 15.1. The fourth-order valence-corrected chi connectivity index (χ4v) is 3.49. The minimum Gasteiger partial charge on any atom is -0.310 e. The number of piperidine rings is 1. The highest BCUT2D eigenvalue weighted by Gasteiger charge is 2.46. The van der Waals surface area contributed by atoms with Gasteiger partial charge in [0.15, 0.2) is 0 Å². The summed E-state index contributed by atoms with van der Waals surface area (Å²) >= 11 is 0. The first-order valence-electron chi connectivity index (χ1n) is 6.26. The van der Waals surface area contributed by atoms with E-state index in [4.69, 9.17) is 0 Å². The van der Waals surface area contributed by atoms with Crippen LogP contribution in [0.15, 0.2) is 0 Å². The van der Waals surface area contributed by atoms with Crippen molar-refractivity contribution in [3.63, 3.8) is 0 Å². The molecule has 1 aliphatic heterocycles. The molecule has 3 atom stereocenters. The van der Waals surface area contributed by atoms with E-state index >= 15 is 0 Å². The number of hydrogen-bond donors (Lipinski definition) is 1. The van der Waals surface area contributed by atoms with Crippen LogP contribution in [0.5, 0.6) is 0 Å². The Labute approximate surface area is 87.0 Å². The van der Waals surface area contributed by atoms with Crippen molar-refractivity contribution in [2.45, 2.75) is 44.2 Å². The highest BCUT2D eigenvalue weighted by Crippen LogP contribution is 2.51. The fourth-order valence-electron chi connectivity index (χ4n) is 3.49. The van der Waals surface area contributed by atoms with Gasteiger partial charge in [0.25, 0.3) is 0 Å². The molecule has 0 amide bonds. The van der Waals surface area contributed by atoms with Gasteiger partial charge in [-0.05, 0) is 57.5 Å². The molecule has 0 bridgehead atoms. The summed E-state index contributed by atoms with van der Waals surface area (Å²) in [5.41, 5.74) is 0. The van der Waals surface area contributed by atoms with Crippen molar-refractivity contribution in [2.24, 2.45) is 11.8 Å². The first-order chi connectivity index (χ1) is 6.81. The third kappa shape index (κ3) is 1.82. The largest absolute Gasteiger partial charge is 0.310 e. The van der Waals surface area contributed by atoms with Crippen molar-refractivity contribution in [3.8, 4) is 0 Å². The molecule has 2 heteroatoms. The van der Waals surface area contributed by atoms with Gasteiger partial charge in [-0.15, -0.1) is 0 Å². The highest BCUT2D eigenvalue weighted by molar-refractivity contribution is 4.99. The molecule has 1 heterocycles. The van der Waals surface area contributed by atoms with Crippen molar-refractivity contribution >= 4 is 0 Å². The lowest BCUT2D eigenvalue weighted by Gasteiger charge is -2.32. The Morgan fingerprint density at radius 3 is 2.57 bits per heavy atom. The zero-order chi connectivity index (χ0) is 9.54. The van der Waals surface area contributed by atoms with Crippen LogP contribution in [0.25, 0.3) is 0 Å². The zero-order valence-electron chi connectivity index (χ0n) is 9.21. The van der Waals surface area contributed by atoms with Gasteiger partial charge in [0, 0.05) is 18.6 Å². The van der Waals surface area contributed by atoms with Gasteiger partial charge in [-0.1, -0.05) is 0 Å². The number of rotatable bonds is 2. The lowest BCUT2D eigenvalue weighted by Crippen LogP contribution is -2.47. The van der Waals surface area contributed by atoms with E-state index in [0.717, 1.165) is 23.9 Å². The van der Waals surface area contributed by atoms with E-state index in [0.29, 0.717) is 0 Å². The molecule has 0 radical (unpaired) electrons. The topological polar surface area (TPSA) is 15.3 Å². The van der Waals surface area contributed by atoms with Crippen molar-refractivity contribution in [3.05, 3.63) is 0 Å². The first kappa shape index (κ1) is 9.17. The molecule has 2 nitrogen and oxygen atoms in total. The molecule has 0 spiro atoms. The maximum absolute atomic E-state index is 3.87. The van der Waals surface area contributed by atoms with Crippen LogP contribution in [0.1, 0.15) is 32.1 Å². The number of fused-ring (bicyclic) bond motifs is 1. The van der Waals surface area contributed by atoms with E-state index in [9.17, 15) is 0 Å². The third-order valence-electron chi connectivity index (χ3n) is 4.34. The molecule has 3 unspecified atom stereocenters. The average molecular weight is 194 g/mol. The molecular formula is C12H22N2. The van der Waals surface area contributed by atoms with E-state index in [-0.39, 0.29) is 0 Å². The molecule has 1 saturated heterocycles. The van der Waals surface area contributed by atoms with Crippen LogP contribution < -0.4 is 5.32 Å². The van der Waals surface area contributed by atoms with Crippen LogP contribution in [0.3, 0.4) is 0 Å². The van der Waals surface area contributed by atoms with Gasteiger partial charge in [0.2, 0.25) is 0 Å². The van der Waals surface area contributed by atoms with Crippen molar-refractivity contribution in [1.29, 1.82) is 0 Å².